The first kappa shape index (κ1) is 14.9. The summed E-state index contributed by atoms with van der Waals surface area (Å²) in [4.78, 5) is 12.1. The highest BCUT2D eigenvalue weighted by Gasteiger charge is 2.37. The average molecular weight is 301 g/mol. The number of anilines is 1. The van der Waals surface area contributed by atoms with E-state index in [9.17, 15) is 4.79 Å². The van der Waals surface area contributed by atoms with Gasteiger partial charge in [-0.3, -0.25) is 9.48 Å². The summed E-state index contributed by atoms with van der Waals surface area (Å²) >= 11 is 0. The number of furan rings is 1. The second-order valence-corrected chi connectivity index (χ2v) is 6.95. The number of nitrogens with one attached hydrogen (secondary N) is 1. The van der Waals surface area contributed by atoms with Crippen molar-refractivity contribution in [1.82, 2.24) is 9.78 Å². The standard InChI is InChI=1S/C17H23N3O2/c1-6-10-7-8-12(22-10)11-9-13(21)18-16-14(11)15(17(2,3)4)19-20(16)5/h7-8,11H,6,9H2,1-5H3,(H,18,21)/t11-/m0/s1. The van der Waals surface area contributed by atoms with Gasteiger partial charge in [-0.15, -0.1) is 0 Å². The van der Waals surface area contributed by atoms with Crippen LogP contribution in [0.1, 0.15) is 62.8 Å². The van der Waals surface area contributed by atoms with Crippen LogP contribution in [0.5, 0.6) is 0 Å². The van der Waals surface area contributed by atoms with E-state index in [2.05, 4.69) is 38.1 Å². The first-order chi connectivity index (χ1) is 10.3. The number of hydrogen-bond acceptors (Lipinski definition) is 3. The van der Waals surface area contributed by atoms with Crippen molar-refractivity contribution in [2.24, 2.45) is 7.05 Å². The van der Waals surface area contributed by atoms with Crippen molar-refractivity contribution in [3.63, 3.8) is 0 Å². The normalized spacial score (nSPS) is 18.2. The Bertz CT molecular complexity index is 719. The predicted molar refractivity (Wildman–Crippen MR) is 85.1 cm³/mol. The quantitative estimate of drug-likeness (QED) is 0.925. The Kier molecular flexibility index (Phi) is 3.38. The lowest BCUT2D eigenvalue weighted by Crippen LogP contribution is -2.26. The van der Waals surface area contributed by atoms with Crippen LogP contribution in [-0.4, -0.2) is 15.7 Å². The van der Waals surface area contributed by atoms with E-state index in [0.717, 1.165) is 35.0 Å². The van der Waals surface area contributed by atoms with E-state index in [1.165, 1.54) is 0 Å². The Morgan fingerprint density at radius 3 is 2.73 bits per heavy atom. The van der Waals surface area contributed by atoms with Crippen molar-refractivity contribution in [3.8, 4) is 0 Å². The summed E-state index contributed by atoms with van der Waals surface area (Å²) in [5.41, 5.74) is 2.02. The molecule has 1 aliphatic rings. The van der Waals surface area contributed by atoms with Gasteiger partial charge in [0.1, 0.15) is 17.3 Å². The molecule has 1 aliphatic heterocycles. The van der Waals surface area contributed by atoms with Gasteiger partial charge >= 0.3 is 0 Å². The molecule has 0 radical (unpaired) electrons. The van der Waals surface area contributed by atoms with E-state index < -0.39 is 0 Å². The van der Waals surface area contributed by atoms with Gasteiger partial charge in [0.15, 0.2) is 0 Å². The second kappa shape index (κ2) is 5.00. The Hall–Kier alpha value is -2.04. The monoisotopic (exact) mass is 301 g/mol. The van der Waals surface area contributed by atoms with Gasteiger partial charge in [0.25, 0.3) is 0 Å². The maximum Gasteiger partial charge on any atom is 0.226 e. The molecule has 0 saturated heterocycles. The number of carbonyl (C=O) groups is 1. The molecule has 3 heterocycles. The molecule has 3 rings (SSSR count). The van der Waals surface area contributed by atoms with E-state index in [4.69, 9.17) is 4.42 Å². The van der Waals surface area contributed by atoms with Crippen molar-refractivity contribution in [2.75, 3.05) is 5.32 Å². The molecule has 1 amide bonds. The maximum absolute atomic E-state index is 12.1. The molecule has 5 nitrogen and oxygen atoms in total. The van der Waals surface area contributed by atoms with Gasteiger partial charge < -0.3 is 9.73 Å². The molecule has 22 heavy (non-hydrogen) atoms. The first-order valence-corrected chi connectivity index (χ1v) is 7.77. The van der Waals surface area contributed by atoms with Crippen LogP contribution in [0.3, 0.4) is 0 Å². The number of nitrogens with zero attached hydrogens (tertiary/aromatic N) is 2. The number of rotatable bonds is 2. The third-order valence-corrected chi connectivity index (χ3v) is 4.16. The molecule has 118 valence electrons. The van der Waals surface area contributed by atoms with E-state index >= 15 is 0 Å². The third-order valence-electron chi connectivity index (χ3n) is 4.16. The fourth-order valence-corrected chi connectivity index (χ4v) is 3.06. The molecule has 2 aromatic rings. The summed E-state index contributed by atoms with van der Waals surface area (Å²) < 4.78 is 7.70. The molecule has 1 atom stereocenters. The Morgan fingerprint density at radius 1 is 1.41 bits per heavy atom. The van der Waals surface area contributed by atoms with Crippen LogP contribution in [0.15, 0.2) is 16.5 Å². The van der Waals surface area contributed by atoms with E-state index in [0.29, 0.717) is 6.42 Å². The summed E-state index contributed by atoms with van der Waals surface area (Å²) in [5, 5.41) is 7.62. The molecule has 5 heteroatoms. The van der Waals surface area contributed by atoms with Crippen LogP contribution in [0.2, 0.25) is 0 Å². The molecule has 0 aromatic carbocycles. The maximum atomic E-state index is 12.1. The fraction of sp³-hybridized carbons (Fsp3) is 0.529. The van der Waals surface area contributed by atoms with E-state index in [-0.39, 0.29) is 17.2 Å². The second-order valence-electron chi connectivity index (χ2n) is 6.95. The van der Waals surface area contributed by atoms with Crippen molar-refractivity contribution in [2.45, 2.75) is 51.9 Å². The van der Waals surface area contributed by atoms with Crippen LogP contribution in [0.25, 0.3) is 0 Å². The van der Waals surface area contributed by atoms with Crippen LogP contribution in [-0.2, 0) is 23.7 Å². The average Bonchev–Trinajstić information content (AvgIpc) is 3.03. The van der Waals surface area contributed by atoms with E-state index in [1.807, 2.05) is 19.2 Å². The number of amides is 1. The fourth-order valence-electron chi connectivity index (χ4n) is 3.06. The van der Waals surface area contributed by atoms with Crippen molar-refractivity contribution in [3.05, 3.63) is 34.9 Å². The summed E-state index contributed by atoms with van der Waals surface area (Å²) in [6, 6.07) is 3.99. The number of aromatic nitrogens is 2. The Balaban J connectivity index is 2.17. The summed E-state index contributed by atoms with van der Waals surface area (Å²) in [5.74, 6) is 2.54. The predicted octanol–water partition coefficient (Wildman–Crippen LogP) is 3.35. The first-order valence-electron chi connectivity index (χ1n) is 7.77. The topological polar surface area (TPSA) is 60.1 Å². The molecular formula is C17H23N3O2. The zero-order chi connectivity index (χ0) is 16.1. The third kappa shape index (κ3) is 2.34. The smallest absolute Gasteiger partial charge is 0.226 e. The summed E-state index contributed by atoms with van der Waals surface area (Å²) in [7, 11) is 1.87. The van der Waals surface area contributed by atoms with Crippen molar-refractivity contribution < 1.29 is 9.21 Å². The van der Waals surface area contributed by atoms with Crippen LogP contribution in [0.4, 0.5) is 5.82 Å². The van der Waals surface area contributed by atoms with Crippen LogP contribution < -0.4 is 5.32 Å². The lowest BCUT2D eigenvalue weighted by molar-refractivity contribution is -0.116. The highest BCUT2D eigenvalue weighted by molar-refractivity contribution is 5.94. The van der Waals surface area contributed by atoms with E-state index in [1.54, 1.807) is 4.68 Å². The molecule has 0 bridgehead atoms. The van der Waals surface area contributed by atoms with Crippen molar-refractivity contribution in [1.29, 1.82) is 0 Å². The van der Waals surface area contributed by atoms with Gasteiger partial charge in [0.05, 0.1) is 11.6 Å². The largest absolute Gasteiger partial charge is 0.465 e. The van der Waals surface area contributed by atoms with Gasteiger partial charge in [-0.25, -0.2) is 0 Å². The van der Waals surface area contributed by atoms with Gasteiger partial charge in [-0.1, -0.05) is 27.7 Å². The molecule has 2 aromatic heterocycles. The molecule has 0 unspecified atom stereocenters. The molecule has 0 spiro atoms. The van der Waals surface area contributed by atoms with Gasteiger partial charge in [0.2, 0.25) is 5.91 Å². The number of aryl methyl sites for hydroxylation is 2. The zero-order valence-corrected chi connectivity index (χ0v) is 13.9. The highest BCUT2D eigenvalue weighted by Crippen LogP contribution is 2.43. The molecule has 1 N–H and O–H groups in total. The zero-order valence-electron chi connectivity index (χ0n) is 13.9. The summed E-state index contributed by atoms with van der Waals surface area (Å²) in [6.45, 7) is 8.49. The molecule has 0 saturated carbocycles. The molecular weight excluding hydrogens is 278 g/mol. The minimum Gasteiger partial charge on any atom is -0.465 e. The Labute approximate surface area is 130 Å². The minimum absolute atomic E-state index is 0.00964. The lowest BCUT2D eigenvalue weighted by atomic mass is 9.81. The summed E-state index contributed by atoms with van der Waals surface area (Å²) in [6.07, 6.45) is 1.25. The SMILES string of the molecule is CCc1ccc([C@@H]2CC(=O)Nc3c2c(C(C)(C)C)nn3C)o1. The van der Waals surface area contributed by atoms with Gasteiger partial charge in [0, 0.05) is 30.9 Å². The van der Waals surface area contributed by atoms with Gasteiger partial charge in [-0.05, 0) is 12.1 Å². The molecule has 0 fully saturated rings. The molecule has 0 aliphatic carbocycles. The van der Waals surface area contributed by atoms with Crippen molar-refractivity contribution >= 4 is 11.7 Å². The van der Waals surface area contributed by atoms with Gasteiger partial charge in [-0.2, -0.15) is 5.10 Å². The number of fused-ring (bicyclic) bond motifs is 1. The minimum atomic E-state index is -0.0914. The highest BCUT2D eigenvalue weighted by atomic mass is 16.3. The Morgan fingerprint density at radius 2 is 2.14 bits per heavy atom. The number of carbonyl (C=O) groups excluding carboxylic acids is 1. The lowest BCUT2D eigenvalue weighted by Gasteiger charge is -2.25. The van der Waals surface area contributed by atoms with Crippen LogP contribution >= 0.6 is 0 Å². The number of hydrogen-bond donors (Lipinski definition) is 1. The van der Waals surface area contributed by atoms with Crippen LogP contribution in [0, 0.1) is 0 Å².